The van der Waals surface area contributed by atoms with Gasteiger partial charge in [-0.15, -0.1) is 0 Å². The summed E-state index contributed by atoms with van der Waals surface area (Å²) in [6.45, 7) is 0.510. The number of aromatic nitrogens is 1. The Morgan fingerprint density at radius 1 is 0.867 bits per heavy atom. The normalized spacial score (nSPS) is 11.4. The van der Waals surface area contributed by atoms with Crippen molar-refractivity contribution in [3.05, 3.63) is 95.0 Å². The van der Waals surface area contributed by atoms with Crippen molar-refractivity contribution in [1.29, 1.82) is 0 Å². The van der Waals surface area contributed by atoms with Crippen LogP contribution >= 0.6 is 15.9 Å². The molecule has 0 spiro atoms. The first kappa shape index (κ1) is 20.4. The summed E-state index contributed by atoms with van der Waals surface area (Å²) in [6, 6.07) is 25.7. The molecule has 4 rings (SSSR count). The SMILES string of the molecule is O=S(=O)(c1ccc(Br)cc1)c1nc(-c2ccccc2)oc1NCCc1ccccc1. The van der Waals surface area contributed by atoms with Crippen LogP contribution in [0.15, 0.2) is 104 Å². The van der Waals surface area contributed by atoms with Crippen LogP contribution in [0.5, 0.6) is 0 Å². The Hall–Kier alpha value is -2.90. The zero-order chi connectivity index (χ0) is 21.0. The fourth-order valence-electron chi connectivity index (χ4n) is 2.99. The largest absolute Gasteiger partial charge is 0.419 e. The minimum absolute atomic E-state index is 0.114. The minimum Gasteiger partial charge on any atom is -0.419 e. The maximum atomic E-state index is 13.3. The minimum atomic E-state index is -3.86. The molecule has 5 nitrogen and oxygen atoms in total. The van der Waals surface area contributed by atoms with E-state index in [0.717, 1.165) is 16.5 Å². The third kappa shape index (κ3) is 4.47. The summed E-state index contributed by atoms with van der Waals surface area (Å²) in [5, 5.41) is 3.01. The van der Waals surface area contributed by atoms with E-state index < -0.39 is 9.84 Å². The van der Waals surface area contributed by atoms with E-state index in [2.05, 4.69) is 26.2 Å². The smallest absolute Gasteiger partial charge is 0.233 e. The second-order valence-electron chi connectivity index (χ2n) is 6.64. The predicted molar refractivity (Wildman–Crippen MR) is 120 cm³/mol. The first-order valence-electron chi connectivity index (χ1n) is 9.39. The van der Waals surface area contributed by atoms with E-state index in [4.69, 9.17) is 4.42 Å². The highest BCUT2D eigenvalue weighted by Crippen LogP contribution is 2.32. The number of hydrogen-bond donors (Lipinski definition) is 1. The van der Waals surface area contributed by atoms with Crippen molar-refractivity contribution in [3.63, 3.8) is 0 Å². The Morgan fingerprint density at radius 2 is 1.50 bits per heavy atom. The number of anilines is 1. The third-order valence-electron chi connectivity index (χ3n) is 4.54. The highest BCUT2D eigenvalue weighted by atomic mass is 79.9. The van der Waals surface area contributed by atoms with Gasteiger partial charge in [-0.25, -0.2) is 8.42 Å². The van der Waals surface area contributed by atoms with Crippen molar-refractivity contribution in [2.45, 2.75) is 16.3 Å². The van der Waals surface area contributed by atoms with Gasteiger partial charge in [0.15, 0.2) is 0 Å². The van der Waals surface area contributed by atoms with Gasteiger partial charge in [0, 0.05) is 16.6 Å². The lowest BCUT2D eigenvalue weighted by Crippen LogP contribution is -2.09. The van der Waals surface area contributed by atoms with Gasteiger partial charge in [0.05, 0.1) is 4.90 Å². The zero-order valence-corrected chi connectivity index (χ0v) is 18.4. The number of rotatable bonds is 7. The highest BCUT2D eigenvalue weighted by molar-refractivity contribution is 9.10. The molecule has 3 aromatic carbocycles. The molecule has 0 aliphatic heterocycles. The van der Waals surface area contributed by atoms with Crippen LogP contribution in [0.25, 0.3) is 11.5 Å². The zero-order valence-electron chi connectivity index (χ0n) is 16.0. The molecule has 0 radical (unpaired) electrons. The molecule has 0 saturated carbocycles. The van der Waals surface area contributed by atoms with Gasteiger partial charge in [-0.3, -0.25) is 0 Å². The van der Waals surface area contributed by atoms with Gasteiger partial charge in [0.1, 0.15) is 0 Å². The van der Waals surface area contributed by atoms with E-state index in [1.165, 1.54) is 0 Å². The highest BCUT2D eigenvalue weighted by Gasteiger charge is 2.28. The molecule has 0 bridgehead atoms. The van der Waals surface area contributed by atoms with Crippen molar-refractivity contribution in [1.82, 2.24) is 4.98 Å². The summed E-state index contributed by atoms with van der Waals surface area (Å²) >= 11 is 3.33. The van der Waals surface area contributed by atoms with Gasteiger partial charge in [-0.2, -0.15) is 4.98 Å². The first-order valence-corrected chi connectivity index (χ1v) is 11.7. The Morgan fingerprint density at radius 3 is 2.17 bits per heavy atom. The molecule has 1 aromatic heterocycles. The summed E-state index contributed by atoms with van der Waals surface area (Å²) in [4.78, 5) is 4.50. The maximum absolute atomic E-state index is 13.3. The van der Waals surface area contributed by atoms with Gasteiger partial charge in [-0.05, 0) is 48.4 Å². The molecule has 0 aliphatic carbocycles. The fraction of sp³-hybridized carbons (Fsp3) is 0.0870. The summed E-state index contributed by atoms with van der Waals surface area (Å²) in [7, 11) is -3.86. The van der Waals surface area contributed by atoms with Crippen LogP contribution in [0, 0.1) is 0 Å². The number of benzene rings is 3. The van der Waals surface area contributed by atoms with E-state index in [-0.39, 0.29) is 21.7 Å². The van der Waals surface area contributed by atoms with E-state index in [9.17, 15) is 8.42 Å². The molecule has 4 aromatic rings. The monoisotopic (exact) mass is 482 g/mol. The Kier molecular flexibility index (Phi) is 6.01. The summed E-state index contributed by atoms with van der Waals surface area (Å²) < 4.78 is 33.2. The lowest BCUT2D eigenvalue weighted by molar-refractivity contribution is 0.577. The van der Waals surface area contributed by atoms with E-state index in [1.54, 1.807) is 24.3 Å². The molecule has 0 saturated heterocycles. The Labute approximate surface area is 183 Å². The molecule has 152 valence electrons. The predicted octanol–water partition coefficient (Wildman–Crippen LogP) is 5.59. The second kappa shape index (κ2) is 8.85. The molecule has 0 unspecified atom stereocenters. The Balaban J connectivity index is 1.68. The Bertz CT molecular complexity index is 1220. The van der Waals surface area contributed by atoms with Gasteiger partial charge >= 0.3 is 0 Å². The van der Waals surface area contributed by atoms with E-state index >= 15 is 0 Å². The molecule has 0 amide bonds. The average molecular weight is 483 g/mol. The van der Waals surface area contributed by atoms with Gasteiger partial charge in [0.2, 0.25) is 26.6 Å². The fourth-order valence-corrected chi connectivity index (χ4v) is 4.54. The molecule has 0 fully saturated rings. The summed E-state index contributed by atoms with van der Waals surface area (Å²) in [6.07, 6.45) is 0.722. The topological polar surface area (TPSA) is 72.2 Å². The van der Waals surface area contributed by atoms with Crippen LogP contribution < -0.4 is 5.32 Å². The molecule has 30 heavy (non-hydrogen) atoms. The molecule has 7 heteroatoms. The average Bonchev–Trinajstić information content (AvgIpc) is 3.21. The van der Waals surface area contributed by atoms with Crippen LogP contribution in [-0.2, 0) is 16.3 Å². The molecule has 0 atom stereocenters. The number of oxazole rings is 1. The van der Waals surface area contributed by atoms with Crippen molar-refractivity contribution >= 4 is 31.7 Å². The van der Waals surface area contributed by atoms with Crippen molar-refractivity contribution < 1.29 is 12.8 Å². The maximum Gasteiger partial charge on any atom is 0.233 e. The van der Waals surface area contributed by atoms with E-state index in [0.29, 0.717) is 12.1 Å². The number of halogens is 1. The van der Waals surface area contributed by atoms with Crippen LogP contribution in [0.4, 0.5) is 5.88 Å². The van der Waals surface area contributed by atoms with Crippen LogP contribution in [0.2, 0.25) is 0 Å². The standard InChI is InChI=1S/C23H19BrN2O3S/c24-19-11-13-20(14-12-19)30(27,28)23-22(25-16-15-17-7-3-1-4-8-17)29-21(26-23)18-9-5-2-6-10-18/h1-14,25H,15-16H2. The van der Waals surface area contributed by atoms with Gasteiger partial charge in [-0.1, -0.05) is 64.5 Å². The summed E-state index contributed by atoms with van der Waals surface area (Å²) in [5.41, 5.74) is 1.85. The summed E-state index contributed by atoms with van der Waals surface area (Å²) in [5.74, 6) is 0.404. The first-order chi connectivity index (χ1) is 14.5. The van der Waals surface area contributed by atoms with Crippen molar-refractivity contribution in [3.8, 4) is 11.5 Å². The lowest BCUT2D eigenvalue weighted by atomic mass is 10.1. The van der Waals surface area contributed by atoms with Gasteiger partial charge in [0.25, 0.3) is 0 Å². The van der Waals surface area contributed by atoms with Crippen LogP contribution in [0.3, 0.4) is 0 Å². The molecular formula is C23H19BrN2O3S. The number of hydrogen-bond acceptors (Lipinski definition) is 5. The van der Waals surface area contributed by atoms with Crippen LogP contribution in [0.1, 0.15) is 5.56 Å². The molecule has 1 heterocycles. The number of nitrogens with zero attached hydrogens (tertiary/aromatic N) is 1. The molecule has 1 N–H and O–H groups in total. The van der Waals surface area contributed by atoms with Crippen molar-refractivity contribution in [2.24, 2.45) is 0 Å². The lowest BCUT2D eigenvalue weighted by Gasteiger charge is -2.06. The molecular weight excluding hydrogens is 464 g/mol. The number of nitrogens with one attached hydrogen (secondary N) is 1. The van der Waals surface area contributed by atoms with E-state index in [1.807, 2.05) is 60.7 Å². The van der Waals surface area contributed by atoms with Crippen molar-refractivity contribution in [2.75, 3.05) is 11.9 Å². The third-order valence-corrected chi connectivity index (χ3v) is 6.74. The quantitative estimate of drug-likeness (QED) is 0.371. The van der Waals surface area contributed by atoms with Gasteiger partial charge < -0.3 is 9.73 Å². The molecule has 0 aliphatic rings. The van der Waals surface area contributed by atoms with Crippen LogP contribution in [-0.4, -0.2) is 19.9 Å². The second-order valence-corrected chi connectivity index (χ2v) is 9.42. The number of sulfone groups is 1.